The first-order chi connectivity index (χ1) is 13.6. The number of guanidine groups is 1. The van der Waals surface area contributed by atoms with Crippen LogP contribution >= 0.6 is 0 Å². The van der Waals surface area contributed by atoms with Crippen molar-refractivity contribution < 1.29 is 4.74 Å². The Morgan fingerprint density at radius 3 is 2.46 bits per heavy atom. The maximum absolute atomic E-state index is 5.60. The first-order valence-corrected chi connectivity index (χ1v) is 11.0. The minimum Gasteiger partial charge on any atom is -0.381 e. The zero-order chi connectivity index (χ0) is 19.8. The highest BCUT2D eigenvalue weighted by Crippen LogP contribution is 2.27. The molecule has 28 heavy (non-hydrogen) atoms. The molecular formula is C23H38N4O. The quantitative estimate of drug-likeness (QED) is 0.603. The molecule has 0 radical (unpaired) electrons. The van der Waals surface area contributed by atoms with Gasteiger partial charge < -0.3 is 19.9 Å². The molecule has 0 unspecified atom stereocenters. The molecule has 0 bridgehead atoms. The second kappa shape index (κ2) is 10.3. The number of hydrogen-bond acceptors (Lipinski definition) is 3. The van der Waals surface area contributed by atoms with Crippen molar-refractivity contribution in [3.63, 3.8) is 0 Å². The van der Waals surface area contributed by atoms with Crippen molar-refractivity contribution >= 4 is 5.96 Å². The molecule has 2 fully saturated rings. The van der Waals surface area contributed by atoms with E-state index >= 15 is 0 Å². The number of aliphatic imine (C=N–C) groups is 1. The van der Waals surface area contributed by atoms with Gasteiger partial charge in [-0.2, -0.15) is 0 Å². The molecular weight excluding hydrogens is 348 g/mol. The van der Waals surface area contributed by atoms with Gasteiger partial charge in [0.05, 0.1) is 6.54 Å². The van der Waals surface area contributed by atoms with E-state index in [1.54, 1.807) is 0 Å². The Morgan fingerprint density at radius 1 is 1.18 bits per heavy atom. The van der Waals surface area contributed by atoms with Gasteiger partial charge in [0.1, 0.15) is 0 Å². The molecule has 2 saturated heterocycles. The van der Waals surface area contributed by atoms with E-state index in [0.29, 0.717) is 0 Å². The van der Waals surface area contributed by atoms with Gasteiger partial charge in [-0.3, -0.25) is 4.99 Å². The van der Waals surface area contributed by atoms with Crippen molar-refractivity contribution in [3.8, 4) is 0 Å². The normalized spacial score (nSPS) is 21.1. The first-order valence-electron chi connectivity index (χ1n) is 11.0. The van der Waals surface area contributed by atoms with Gasteiger partial charge in [0.15, 0.2) is 5.96 Å². The van der Waals surface area contributed by atoms with Crippen molar-refractivity contribution in [1.82, 2.24) is 15.1 Å². The molecule has 156 valence electrons. The smallest absolute Gasteiger partial charge is 0.193 e. The second-order valence-corrected chi connectivity index (χ2v) is 8.52. The largest absolute Gasteiger partial charge is 0.381 e. The Kier molecular flexibility index (Phi) is 7.74. The highest BCUT2D eigenvalue weighted by molar-refractivity contribution is 5.80. The Hall–Kier alpha value is -1.59. The third-order valence-corrected chi connectivity index (χ3v) is 6.51. The fourth-order valence-corrected chi connectivity index (χ4v) is 4.44. The molecule has 5 nitrogen and oxygen atoms in total. The first kappa shape index (κ1) is 21.1. The monoisotopic (exact) mass is 386 g/mol. The summed E-state index contributed by atoms with van der Waals surface area (Å²) in [4.78, 5) is 9.92. The molecule has 5 heteroatoms. The van der Waals surface area contributed by atoms with Crippen molar-refractivity contribution in [2.45, 2.75) is 44.6 Å². The molecule has 0 atom stereocenters. The number of piperidine rings is 1. The van der Waals surface area contributed by atoms with Gasteiger partial charge in [0.25, 0.3) is 0 Å². The average Bonchev–Trinajstić information content (AvgIpc) is 2.73. The van der Waals surface area contributed by atoms with E-state index in [1.165, 1.54) is 24.8 Å². The second-order valence-electron chi connectivity index (χ2n) is 8.52. The van der Waals surface area contributed by atoms with Gasteiger partial charge in [-0.15, -0.1) is 0 Å². The number of ether oxygens (including phenoxy) is 1. The minimum absolute atomic E-state index is 0.130. The number of nitrogens with one attached hydrogen (secondary N) is 1. The van der Waals surface area contributed by atoms with E-state index in [0.717, 1.165) is 64.1 Å². The summed E-state index contributed by atoms with van der Waals surface area (Å²) in [5.74, 6) is 1.87. The highest BCUT2D eigenvalue weighted by atomic mass is 16.5. The lowest BCUT2D eigenvalue weighted by Crippen LogP contribution is -2.52. The van der Waals surface area contributed by atoms with E-state index < -0.39 is 0 Å². The molecule has 0 amide bonds. The fraction of sp³-hybridized carbons (Fsp3) is 0.696. The van der Waals surface area contributed by atoms with Crippen LogP contribution in [-0.2, 0) is 11.2 Å². The lowest BCUT2D eigenvalue weighted by atomic mass is 9.89. The molecule has 1 aromatic carbocycles. The molecule has 1 N–H and O–H groups in total. The minimum atomic E-state index is 0.130. The number of benzene rings is 1. The van der Waals surface area contributed by atoms with E-state index in [2.05, 4.69) is 66.5 Å². The predicted octanol–water partition coefficient (Wildman–Crippen LogP) is 3.02. The van der Waals surface area contributed by atoms with Gasteiger partial charge in [-0.1, -0.05) is 30.3 Å². The standard InChI is InChI=1S/C23H38N4O/c1-4-24-22(25-19-23(26(2)3)12-16-28-17-13-23)27-14-10-21(11-15-27)18-20-8-6-5-7-9-20/h5-9,21H,4,10-19H2,1-3H3,(H,24,25). The molecule has 1 aromatic rings. The van der Waals surface area contributed by atoms with Crippen molar-refractivity contribution in [2.24, 2.45) is 10.9 Å². The number of likely N-dealkylation sites (tertiary alicyclic amines) is 1. The highest BCUT2D eigenvalue weighted by Gasteiger charge is 2.35. The van der Waals surface area contributed by atoms with Crippen LogP contribution in [0.25, 0.3) is 0 Å². The van der Waals surface area contributed by atoms with Gasteiger partial charge in [-0.25, -0.2) is 0 Å². The molecule has 0 aromatic heterocycles. The average molecular weight is 387 g/mol. The Balaban J connectivity index is 1.58. The van der Waals surface area contributed by atoms with Gasteiger partial charge in [0, 0.05) is 38.4 Å². The van der Waals surface area contributed by atoms with Crippen molar-refractivity contribution in [2.75, 3.05) is 53.5 Å². The SMILES string of the molecule is CCNC(=NCC1(N(C)C)CCOCC1)N1CCC(Cc2ccccc2)CC1. The van der Waals surface area contributed by atoms with Crippen LogP contribution in [0, 0.1) is 5.92 Å². The zero-order valence-electron chi connectivity index (χ0n) is 18.0. The molecule has 2 heterocycles. The van der Waals surface area contributed by atoms with Crippen LogP contribution in [0.3, 0.4) is 0 Å². The molecule has 0 saturated carbocycles. The van der Waals surface area contributed by atoms with Gasteiger partial charge >= 0.3 is 0 Å². The maximum Gasteiger partial charge on any atom is 0.193 e. The third-order valence-electron chi connectivity index (χ3n) is 6.51. The summed E-state index contributed by atoms with van der Waals surface area (Å²) in [6.45, 7) is 7.80. The lowest BCUT2D eigenvalue weighted by Gasteiger charge is -2.42. The van der Waals surface area contributed by atoms with Crippen LogP contribution in [0.15, 0.2) is 35.3 Å². The fourth-order valence-electron chi connectivity index (χ4n) is 4.44. The van der Waals surface area contributed by atoms with Crippen molar-refractivity contribution in [1.29, 1.82) is 0 Å². The summed E-state index contributed by atoms with van der Waals surface area (Å²) in [6.07, 6.45) is 5.80. The summed E-state index contributed by atoms with van der Waals surface area (Å²) in [6, 6.07) is 10.9. The number of nitrogens with zero attached hydrogens (tertiary/aromatic N) is 3. The number of hydrogen-bond donors (Lipinski definition) is 1. The topological polar surface area (TPSA) is 40.1 Å². The molecule has 0 aliphatic carbocycles. The summed E-state index contributed by atoms with van der Waals surface area (Å²) in [5.41, 5.74) is 1.60. The third kappa shape index (κ3) is 5.48. The van der Waals surface area contributed by atoms with E-state index in [9.17, 15) is 0 Å². The molecule has 3 rings (SSSR count). The van der Waals surface area contributed by atoms with E-state index in [1.807, 2.05) is 0 Å². The van der Waals surface area contributed by atoms with E-state index in [4.69, 9.17) is 9.73 Å². The Morgan fingerprint density at radius 2 is 1.86 bits per heavy atom. The molecule has 0 spiro atoms. The van der Waals surface area contributed by atoms with E-state index in [-0.39, 0.29) is 5.54 Å². The summed E-state index contributed by atoms with van der Waals surface area (Å²) >= 11 is 0. The number of rotatable bonds is 6. The zero-order valence-corrected chi connectivity index (χ0v) is 18.0. The van der Waals surface area contributed by atoms with Crippen LogP contribution in [0.1, 0.15) is 38.2 Å². The molecule has 2 aliphatic heterocycles. The van der Waals surface area contributed by atoms with Crippen LogP contribution < -0.4 is 5.32 Å². The van der Waals surface area contributed by atoms with Crippen LogP contribution in [0.2, 0.25) is 0 Å². The van der Waals surface area contributed by atoms with Gasteiger partial charge in [-0.05, 0) is 64.6 Å². The summed E-state index contributed by atoms with van der Waals surface area (Å²) in [5, 5.41) is 3.54. The Bertz CT molecular complexity index is 602. The summed E-state index contributed by atoms with van der Waals surface area (Å²) < 4.78 is 5.60. The molecule has 2 aliphatic rings. The van der Waals surface area contributed by atoms with Crippen LogP contribution in [0.5, 0.6) is 0 Å². The predicted molar refractivity (Wildman–Crippen MR) is 117 cm³/mol. The van der Waals surface area contributed by atoms with Gasteiger partial charge in [0.2, 0.25) is 0 Å². The number of likely N-dealkylation sites (N-methyl/N-ethyl adjacent to an activating group) is 1. The van der Waals surface area contributed by atoms with Crippen LogP contribution in [0.4, 0.5) is 0 Å². The summed E-state index contributed by atoms with van der Waals surface area (Å²) in [7, 11) is 4.37. The lowest BCUT2D eigenvalue weighted by molar-refractivity contribution is -0.00266. The maximum atomic E-state index is 5.60. The van der Waals surface area contributed by atoms with Crippen LogP contribution in [-0.4, -0.2) is 74.8 Å². The van der Waals surface area contributed by atoms with Crippen molar-refractivity contribution in [3.05, 3.63) is 35.9 Å². The Labute approximate surface area is 171 Å².